The first-order valence-corrected chi connectivity index (χ1v) is 6.58. The maximum absolute atomic E-state index is 5.76. The monoisotopic (exact) mass is 244 g/mol. The van der Waals surface area contributed by atoms with Gasteiger partial charge in [-0.3, -0.25) is 0 Å². The molecule has 0 bridgehead atoms. The first-order valence-electron chi connectivity index (χ1n) is 6.58. The number of aromatic nitrogens is 2. The molecule has 1 aromatic heterocycles. The number of nitrogen functional groups attached to an aromatic ring is 1. The van der Waals surface area contributed by atoms with Crippen LogP contribution < -0.4 is 11.1 Å². The van der Waals surface area contributed by atoms with Gasteiger partial charge < -0.3 is 16.0 Å². The van der Waals surface area contributed by atoms with Crippen molar-refractivity contribution in [3.8, 4) is 0 Å². The van der Waals surface area contributed by atoms with E-state index in [0.29, 0.717) is 5.41 Å². The van der Waals surface area contributed by atoms with E-state index in [-0.39, 0.29) is 0 Å². The quantitative estimate of drug-likeness (QED) is 0.724. The fraction of sp³-hybridized carbons (Fsp3) is 0.500. The van der Waals surface area contributed by atoms with Gasteiger partial charge in [-0.2, -0.15) is 0 Å². The number of hydrogen-bond acceptors (Lipinski definition) is 3. The third kappa shape index (κ3) is 1.92. The zero-order valence-electron chi connectivity index (χ0n) is 11.0. The molecule has 1 heterocycles. The Bertz CT molecular complexity index is 566. The molecule has 0 amide bonds. The van der Waals surface area contributed by atoms with Gasteiger partial charge in [-0.25, -0.2) is 4.98 Å². The standard InChI is InChI=1S/C14H20N4/c1-9(2)14(5-6-14)8-16-13-17-11-4-3-10(15)7-12(11)18-13/h3-4,7,9H,5-6,8,15H2,1-2H3,(H2,16,17,18). The van der Waals surface area contributed by atoms with Gasteiger partial charge in [0.25, 0.3) is 0 Å². The van der Waals surface area contributed by atoms with E-state index in [1.807, 2.05) is 18.2 Å². The minimum Gasteiger partial charge on any atom is -0.399 e. The topological polar surface area (TPSA) is 66.7 Å². The Labute approximate surface area is 107 Å². The summed E-state index contributed by atoms with van der Waals surface area (Å²) in [6.45, 7) is 5.60. The van der Waals surface area contributed by atoms with Gasteiger partial charge in [-0.15, -0.1) is 0 Å². The Morgan fingerprint density at radius 3 is 2.89 bits per heavy atom. The Morgan fingerprint density at radius 1 is 1.44 bits per heavy atom. The molecule has 1 aromatic carbocycles. The minimum absolute atomic E-state index is 0.484. The number of rotatable bonds is 4. The number of hydrogen-bond donors (Lipinski definition) is 3. The summed E-state index contributed by atoms with van der Waals surface area (Å²) in [5.41, 5.74) is 8.96. The van der Waals surface area contributed by atoms with Crippen LogP contribution in [0.4, 0.5) is 11.6 Å². The van der Waals surface area contributed by atoms with Crippen LogP contribution in [0.25, 0.3) is 11.0 Å². The molecule has 0 saturated heterocycles. The summed E-state index contributed by atoms with van der Waals surface area (Å²) in [6, 6.07) is 5.74. The van der Waals surface area contributed by atoms with Crippen molar-refractivity contribution in [1.82, 2.24) is 9.97 Å². The molecular formula is C14H20N4. The highest BCUT2D eigenvalue weighted by Gasteiger charge is 2.45. The van der Waals surface area contributed by atoms with Crippen molar-refractivity contribution in [3.63, 3.8) is 0 Å². The third-order valence-electron chi connectivity index (χ3n) is 4.23. The predicted molar refractivity (Wildman–Crippen MR) is 75.5 cm³/mol. The van der Waals surface area contributed by atoms with Crippen LogP contribution in [0.3, 0.4) is 0 Å². The van der Waals surface area contributed by atoms with Gasteiger partial charge in [0.05, 0.1) is 11.0 Å². The second-order valence-corrected chi connectivity index (χ2v) is 5.73. The zero-order valence-corrected chi connectivity index (χ0v) is 11.0. The fourth-order valence-electron chi connectivity index (χ4n) is 2.49. The van der Waals surface area contributed by atoms with E-state index in [0.717, 1.165) is 35.1 Å². The van der Waals surface area contributed by atoms with Crippen molar-refractivity contribution in [3.05, 3.63) is 18.2 Å². The average Bonchev–Trinajstić information content (AvgIpc) is 3.02. The molecule has 4 N–H and O–H groups in total. The summed E-state index contributed by atoms with van der Waals surface area (Å²) in [7, 11) is 0. The Balaban J connectivity index is 1.75. The second-order valence-electron chi connectivity index (χ2n) is 5.73. The summed E-state index contributed by atoms with van der Waals surface area (Å²) in [5, 5.41) is 3.43. The van der Waals surface area contributed by atoms with Crippen molar-refractivity contribution < 1.29 is 0 Å². The van der Waals surface area contributed by atoms with Gasteiger partial charge in [0.15, 0.2) is 0 Å². The van der Waals surface area contributed by atoms with Crippen LogP contribution in [0.15, 0.2) is 18.2 Å². The first-order chi connectivity index (χ1) is 8.59. The van der Waals surface area contributed by atoms with E-state index in [9.17, 15) is 0 Å². The highest BCUT2D eigenvalue weighted by molar-refractivity contribution is 5.80. The van der Waals surface area contributed by atoms with Gasteiger partial charge in [-0.05, 0) is 42.4 Å². The van der Waals surface area contributed by atoms with Crippen LogP contribution in [0.1, 0.15) is 26.7 Å². The summed E-state index contributed by atoms with van der Waals surface area (Å²) < 4.78 is 0. The van der Waals surface area contributed by atoms with Crippen molar-refractivity contribution in [2.45, 2.75) is 26.7 Å². The van der Waals surface area contributed by atoms with Crippen LogP contribution in [0.2, 0.25) is 0 Å². The fourth-order valence-corrected chi connectivity index (χ4v) is 2.49. The molecule has 1 aliphatic rings. The number of imidazole rings is 1. The van der Waals surface area contributed by atoms with E-state index in [2.05, 4.69) is 29.1 Å². The zero-order chi connectivity index (χ0) is 12.8. The number of nitrogens with two attached hydrogens (primary N) is 1. The SMILES string of the molecule is CC(C)C1(CNc2nc3ccc(N)cc3[nH]2)CC1. The van der Waals surface area contributed by atoms with Gasteiger partial charge in [0.2, 0.25) is 5.95 Å². The molecule has 1 saturated carbocycles. The molecule has 0 spiro atoms. The van der Waals surface area contributed by atoms with E-state index in [4.69, 9.17) is 5.73 Å². The second kappa shape index (κ2) is 3.90. The van der Waals surface area contributed by atoms with E-state index < -0.39 is 0 Å². The van der Waals surface area contributed by atoms with E-state index in [1.165, 1.54) is 12.8 Å². The molecule has 0 aliphatic heterocycles. The van der Waals surface area contributed by atoms with Gasteiger partial charge in [0.1, 0.15) is 0 Å². The lowest BCUT2D eigenvalue weighted by atomic mass is 9.92. The maximum Gasteiger partial charge on any atom is 0.201 e. The number of aromatic amines is 1. The number of nitrogens with one attached hydrogen (secondary N) is 2. The van der Waals surface area contributed by atoms with Crippen LogP contribution >= 0.6 is 0 Å². The molecule has 96 valence electrons. The molecule has 0 atom stereocenters. The summed E-state index contributed by atoms with van der Waals surface area (Å²) in [6.07, 6.45) is 2.65. The molecule has 3 rings (SSSR count). The molecule has 2 aromatic rings. The van der Waals surface area contributed by atoms with E-state index >= 15 is 0 Å². The highest BCUT2D eigenvalue weighted by Crippen LogP contribution is 2.51. The molecule has 1 aliphatic carbocycles. The third-order valence-corrected chi connectivity index (χ3v) is 4.23. The van der Waals surface area contributed by atoms with E-state index in [1.54, 1.807) is 0 Å². The number of H-pyrrole nitrogens is 1. The largest absolute Gasteiger partial charge is 0.399 e. The molecule has 18 heavy (non-hydrogen) atoms. The first kappa shape index (κ1) is 11.4. The van der Waals surface area contributed by atoms with Crippen LogP contribution in [0, 0.1) is 11.3 Å². The normalized spacial score (nSPS) is 17.3. The van der Waals surface area contributed by atoms with Crippen molar-refractivity contribution in [2.24, 2.45) is 11.3 Å². The van der Waals surface area contributed by atoms with Crippen LogP contribution in [-0.4, -0.2) is 16.5 Å². The lowest BCUT2D eigenvalue weighted by Gasteiger charge is -2.19. The molecular weight excluding hydrogens is 224 g/mol. The predicted octanol–water partition coefficient (Wildman–Crippen LogP) is 2.99. The molecule has 4 nitrogen and oxygen atoms in total. The summed E-state index contributed by atoms with van der Waals surface area (Å²) in [4.78, 5) is 7.80. The molecule has 1 fully saturated rings. The van der Waals surface area contributed by atoms with Crippen LogP contribution in [-0.2, 0) is 0 Å². The number of fused-ring (bicyclic) bond motifs is 1. The number of nitrogens with zero attached hydrogens (tertiary/aromatic N) is 1. The van der Waals surface area contributed by atoms with Gasteiger partial charge in [-0.1, -0.05) is 13.8 Å². The molecule has 0 radical (unpaired) electrons. The lowest BCUT2D eigenvalue weighted by molar-refractivity contribution is 0.379. The maximum atomic E-state index is 5.76. The van der Waals surface area contributed by atoms with Gasteiger partial charge in [0, 0.05) is 12.2 Å². The molecule has 4 heteroatoms. The van der Waals surface area contributed by atoms with Gasteiger partial charge >= 0.3 is 0 Å². The lowest BCUT2D eigenvalue weighted by Crippen LogP contribution is -2.21. The minimum atomic E-state index is 0.484. The number of anilines is 2. The highest BCUT2D eigenvalue weighted by atomic mass is 15.1. The van der Waals surface area contributed by atoms with Crippen LogP contribution in [0.5, 0.6) is 0 Å². The van der Waals surface area contributed by atoms with Crippen molar-refractivity contribution >= 4 is 22.7 Å². The van der Waals surface area contributed by atoms with Crippen molar-refractivity contribution in [1.29, 1.82) is 0 Å². The smallest absolute Gasteiger partial charge is 0.201 e. The Morgan fingerprint density at radius 2 is 2.22 bits per heavy atom. The number of benzene rings is 1. The Kier molecular flexibility index (Phi) is 2.47. The summed E-state index contributed by atoms with van der Waals surface area (Å²) in [5.74, 6) is 1.58. The van der Waals surface area contributed by atoms with Crippen molar-refractivity contribution in [2.75, 3.05) is 17.6 Å². The molecule has 0 unspecified atom stereocenters. The average molecular weight is 244 g/mol. The Hall–Kier alpha value is -1.71. The summed E-state index contributed by atoms with van der Waals surface area (Å²) >= 11 is 0.